The fourth-order valence-electron chi connectivity index (χ4n) is 2.49. The Morgan fingerprint density at radius 2 is 2.30 bits per heavy atom. The molecule has 0 aromatic carbocycles. The molecule has 0 spiro atoms. The molecular weight excluding hydrogens is 258 g/mol. The Morgan fingerprint density at radius 1 is 1.60 bits per heavy atom. The highest BCUT2D eigenvalue weighted by Crippen LogP contribution is 2.17. The van der Waals surface area contributed by atoms with E-state index in [4.69, 9.17) is 11.5 Å². The molecule has 0 radical (unpaired) electrons. The summed E-state index contributed by atoms with van der Waals surface area (Å²) in [6.45, 7) is 4.73. The Balaban J connectivity index is 2.50. The summed E-state index contributed by atoms with van der Waals surface area (Å²) in [5.41, 5.74) is 0. The van der Waals surface area contributed by atoms with Crippen LogP contribution in [0, 0.1) is 12.3 Å². The molecule has 112 valence electrons. The molecule has 1 saturated heterocycles. The second-order valence-electron chi connectivity index (χ2n) is 5.05. The lowest BCUT2D eigenvalue weighted by atomic mass is 10.2. The first-order valence-corrected chi connectivity index (χ1v) is 6.91. The molecule has 0 saturated carbocycles. The van der Waals surface area contributed by atoms with E-state index in [0.29, 0.717) is 12.6 Å². The van der Waals surface area contributed by atoms with Gasteiger partial charge in [-0.3, -0.25) is 4.90 Å². The van der Waals surface area contributed by atoms with Gasteiger partial charge in [-0.2, -0.15) is 0 Å². The van der Waals surface area contributed by atoms with E-state index in [-0.39, 0.29) is 6.42 Å². The Bertz CT molecular complexity index is 392. The second kappa shape index (κ2) is 7.75. The highest BCUT2D eigenvalue weighted by Gasteiger charge is 2.27. The second-order valence-corrected chi connectivity index (χ2v) is 5.05. The monoisotopic (exact) mass is 281 g/mol. The summed E-state index contributed by atoms with van der Waals surface area (Å²) in [5, 5.41) is 11.4. The molecule has 20 heavy (non-hydrogen) atoms. The molecule has 0 aliphatic carbocycles. The van der Waals surface area contributed by atoms with Gasteiger partial charge in [-0.15, -0.1) is 12.3 Å². The minimum Gasteiger partial charge on any atom is -0.480 e. The van der Waals surface area contributed by atoms with E-state index in [1.165, 1.54) is 4.90 Å². The van der Waals surface area contributed by atoms with Gasteiger partial charge in [0.1, 0.15) is 6.04 Å². The zero-order valence-corrected chi connectivity index (χ0v) is 12.1. The summed E-state index contributed by atoms with van der Waals surface area (Å²) in [6.07, 6.45) is 7.30. The van der Waals surface area contributed by atoms with Gasteiger partial charge in [0, 0.05) is 26.1 Å². The number of likely N-dealkylation sites (N-methyl/N-ethyl adjacent to an activating group) is 2. The van der Waals surface area contributed by atoms with Crippen LogP contribution in [0.15, 0.2) is 0 Å². The topological polar surface area (TPSA) is 72.9 Å². The number of hydrogen-bond acceptors (Lipinski definition) is 3. The molecular formula is C14H23N3O3. The Morgan fingerprint density at radius 3 is 2.85 bits per heavy atom. The van der Waals surface area contributed by atoms with Crippen LogP contribution in [0.4, 0.5) is 4.79 Å². The van der Waals surface area contributed by atoms with Crippen molar-refractivity contribution in [3.63, 3.8) is 0 Å². The smallest absolute Gasteiger partial charge is 0.327 e. The number of carboxylic acids is 1. The van der Waals surface area contributed by atoms with E-state index < -0.39 is 18.0 Å². The summed E-state index contributed by atoms with van der Waals surface area (Å²) in [5.74, 6) is 1.15. The third kappa shape index (κ3) is 4.42. The van der Waals surface area contributed by atoms with Crippen LogP contribution in [0.2, 0.25) is 0 Å². The lowest BCUT2D eigenvalue weighted by molar-refractivity contribution is -0.139. The number of aliphatic carboxylic acids is 1. The number of rotatable bonds is 6. The Labute approximate surface area is 120 Å². The van der Waals surface area contributed by atoms with E-state index in [1.807, 2.05) is 0 Å². The van der Waals surface area contributed by atoms with Gasteiger partial charge in [-0.1, -0.05) is 6.92 Å². The first-order chi connectivity index (χ1) is 9.49. The SMILES string of the molecule is C#CCC(NC(=O)N(C)CC1CCCN1CC)C(=O)O. The number of urea groups is 1. The summed E-state index contributed by atoms with van der Waals surface area (Å²) in [4.78, 5) is 26.8. The first kappa shape index (κ1) is 16.3. The predicted octanol–water partition coefficient (Wildman–Crippen LogP) is 0.589. The Hall–Kier alpha value is -1.74. The van der Waals surface area contributed by atoms with Crippen molar-refractivity contribution in [3.05, 3.63) is 0 Å². The molecule has 2 atom stereocenters. The molecule has 0 aromatic heterocycles. The van der Waals surface area contributed by atoms with Crippen LogP contribution in [0.1, 0.15) is 26.2 Å². The van der Waals surface area contributed by atoms with Crippen LogP contribution in [0.25, 0.3) is 0 Å². The number of likely N-dealkylation sites (tertiary alicyclic amines) is 1. The van der Waals surface area contributed by atoms with Gasteiger partial charge < -0.3 is 15.3 Å². The molecule has 1 rings (SSSR count). The van der Waals surface area contributed by atoms with Crippen molar-refractivity contribution >= 4 is 12.0 Å². The van der Waals surface area contributed by atoms with Gasteiger partial charge in [0.05, 0.1) is 0 Å². The van der Waals surface area contributed by atoms with E-state index in [2.05, 4.69) is 23.1 Å². The lowest BCUT2D eigenvalue weighted by Crippen LogP contribution is -2.49. The zero-order chi connectivity index (χ0) is 15.1. The van der Waals surface area contributed by atoms with Crippen molar-refractivity contribution in [1.82, 2.24) is 15.1 Å². The highest BCUT2D eigenvalue weighted by molar-refractivity contribution is 5.82. The fourth-order valence-corrected chi connectivity index (χ4v) is 2.49. The largest absolute Gasteiger partial charge is 0.480 e. The number of carboxylic acid groups (broad SMARTS) is 1. The maximum Gasteiger partial charge on any atom is 0.327 e. The van der Waals surface area contributed by atoms with Crippen LogP contribution in [0.5, 0.6) is 0 Å². The maximum atomic E-state index is 12.0. The molecule has 1 aliphatic heterocycles. The standard InChI is InChI=1S/C14H23N3O3/c1-4-7-12(13(18)19)15-14(20)16(3)10-11-8-6-9-17(11)5-2/h1,11-12H,5-10H2,2-3H3,(H,15,20)(H,18,19). The molecule has 2 amide bonds. The van der Waals surface area contributed by atoms with E-state index in [9.17, 15) is 9.59 Å². The van der Waals surface area contributed by atoms with Crippen molar-refractivity contribution in [2.24, 2.45) is 0 Å². The quantitative estimate of drug-likeness (QED) is 0.699. The van der Waals surface area contributed by atoms with Crippen molar-refractivity contribution < 1.29 is 14.7 Å². The highest BCUT2D eigenvalue weighted by atomic mass is 16.4. The van der Waals surface area contributed by atoms with E-state index >= 15 is 0 Å². The number of hydrogen-bond donors (Lipinski definition) is 2. The van der Waals surface area contributed by atoms with E-state index in [1.54, 1.807) is 7.05 Å². The predicted molar refractivity (Wildman–Crippen MR) is 76.3 cm³/mol. The summed E-state index contributed by atoms with van der Waals surface area (Å²) < 4.78 is 0. The molecule has 0 bridgehead atoms. The molecule has 0 aromatic rings. The average Bonchev–Trinajstić information content (AvgIpc) is 2.85. The zero-order valence-electron chi connectivity index (χ0n) is 12.1. The number of nitrogens with one attached hydrogen (secondary N) is 1. The summed E-state index contributed by atoms with van der Waals surface area (Å²) >= 11 is 0. The van der Waals surface area contributed by atoms with Gasteiger partial charge in [-0.05, 0) is 25.9 Å². The summed E-state index contributed by atoms with van der Waals surface area (Å²) in [6, 6.07) is -1.07. The van der Waals surface area contributed by atoms with Gasteiger partial charge in [0.15, 0.2) is 0 Å². The van der Waals surface area contributed by atoms with Gasteiger partial charge >= 0.3 is 12.0 Å². The lowest BCUT2D eigenvalue weighted by Gasteiger charge is -2.28. The van der Waals surface area contributed by atoms with Crippen molar-refractivity contribution in [2.45, 2.75) is 38.3 Å². The minimum atomic E-state index is -1.11. The van der Waals surface area contributed by atoms with Gasteiger partial charge in [0.2, 0.25) is 0 Å². The average molecular weight is 281 g/mol. The molecule has 2 N–H and O–H groups in total. The Kier molecular flexibility index (Phi) is 6.32. The van der Waals surface area contributed by atoms with Crippen molar-refractivity contribution in [1.29, 1.82) is 0 Å². The van der Waals surface area contributed by atoms with Crippen molar-refractivity contribution in [3.8, 4) is 12.3 Å². The van der Waals surface area contributed by atoms with Crippen LogP contribution in [-0.4, -0.2) is 65.7 Å². The number of carbonyl (C=O) groups is 2. The molecule has 1 fully saturated rings. The van der Waals surface area contributed by atoms with Gasteiger partial charge in [0.25, 0.3) is 0 Å². The molecule has 1 aliphatic rings. The third-order valence-electron chi connectivity index (χ3n) is 3.65. The fraction of sp³-hybridized carbons (Fsp3) is 0.714. The van der Waals surface area contributed by atoms with E-state index in [0.717, 1.165) is 25.9 Å². The van der Waals surface area contributed by atoms with Crippen LogP contribution in [0.3, 0.4) is 0 Å². The third-order valence-corrected chi connectivity index (χ3v) is 3.65. The van der Waals surface area contributed by atoms with Crippen LogP contribution >= 0.6 is 0 Å². The molecule has 2 unspecified atom stereocenters. The normalized spacial score (nSPS) is 20.1. The summed E-state index contributed by atoms with van der Waals surface area (Å²) in [7, 11) is 1.68. The molecule has 6 nitrogen and oxygen atoms in total. The first-order valence-electron chi connectivity index (χ1n) is 6.91. The maximum absolute atomic E-state index is 12.0. The van der Waals surface area contributed by atoms with Crippen molar-refractivity contribution in [2.75, 3.05) is 26.7 Å². The number of terminal acetylenes is 1. The minimum absolute atomic E-state index is 0.0145. The van der Waals surface area contributed by atoms with Crippen LogP contribution in [-0.2, 0) is 4.79 Å². The number of amides is 2. The number of carbonyl (C=O) groups excluding carboxylic acids is 1. The molecule has 6 heteroatoms. The van der Waals surface area contributed by atoms with Gasteiger partial charge in [-0.25, -0.2) is 9.59 Å². The molecule has 1 heterocycles. The number of nitrogens with zero attached hydrogens (tertiary/aromatic N) is 2. The van der Waals surface area contributed by atoms with Crippen LogP contribution < -0.4 is 5.32 Å².